The fourth-order valence-electron chi connectivity index (χ4n) is 4.19. The molecule has 1 saturated heterocycles. The van der Waals surface area contributed by atoms with Crippen molar-refractivity contribution in [3.63, 3.8) is 0 Å². The average molecular weight is 364 g/mol. The number of hydrogen-bond acceptors (Lipinski definition) is 3. The van der Waals surface area contributed by atoms with Crippen LogP contribution in [0.1, 0.15) is 31.4 Å². The highest BCUT2D eigenvalue weighted by molar-refractivity contribution is 6.68. The molecule has 1 aromatic rings. The molecule has 0 bridgehead atoms. The Balaban J connectivity index is 1.50. The molecule has 1 fully saturated rings. The first-order valence-corrected chi connectivity index (χ1v) is 9.03. The molecule has 3 aliphatic rings. The molecule has 0 N–H and O–H groups in total. The van der Waals surface area contributed by atoms with E-state index >= 15 is 0 Å². The molecule has 3 unspecified atom stereocenters. The van der Waals surface area contributed by atoms with Gasteiger partial charge in [-0.3, -0.25) is 14.9 Å². The Morgan fingerprint density at radius 2 is 2.00 bits per heavy atom. The topological polar surface area (TPSA) is 28.0 Å². The van der Waals surface area contributed by atoms with Crippen LogP contribution < -0.4 is 0 Å². The summed E-state index contributed by atoms with van der Waals surface area (Å²) in [6, 6.07) is 3.87. The summed E-state index contributed by atoms with van der Waals surface area (Å²) in [6.07, 6.45) is 3.44. The van der Waals surface area contributed by atoms with Gasteiger partial charge in [-0.25, -0.2) is 8.78 Å². The molecule has 0 aromatic heterocycles. The van der Waals surface area contributed by atoms with Crippen LogP contribution in [-0.2, 0) is 0 Å². The number of hydrogen-bond donors (Lipinski definition) is 0. The number of nitrogens with zero attached hydrogens (tertiary/aromatic N) is 3. The van der Waals surface area contributed by atoms with Crippen LogP contribution in [0, 0.1) is 17.6 Å². The Hall–Kier alpha value is -1.59. The van der Waals surface area contributed by atoms with Gasteiger partial charge in [0.25, 0.3) is 0 Å². The van der Waals surface area contributed by atoms with Crippen LogP contribution >= 0.6 is 11.6 Å². The number of allylic oxidation sites excluding steroid dienone is 1. The Morgan fingerprint density at radius 3 is 2.72 bits per heavy atom. The van der Waals surface area contributed by atoms with E-state index in [4.69, 9.17) is 11.6 Å². The predicted molar refractivity (Wildman–Crippen MR) is 96.5 cm³/mol. The van der Waals surface area contributed by atoms with Crippen LogP contribution in [0.3, 0.4) is 0 Å². The Morgan fingerprint density at radius 1 is 1.24 bits per heavy atom. The SMILES string of the molecule is CC1=CC(Cl)=NCC1N1CCC2=NC(c3c(F)cccc3F)CC2C1. The Bertz CT molecular complexity index is 767. The number of piperidine rings is 1. The molecule has 3 aliphatic heterocycles. The third kappa shape index (κ3) is 3.15. The van der Waals surface area contributed by atoms with Crippen LogP contribution in [0.2, 0.25) is 0 Å². The van der Waals surface area contributed by atoms with E-state index in [0.717, 1.165) is 25.2 Å². The maximum Gasteiger partial charge on any atom is 0.131 e. The van der Waals surface area contributed by atoms with E-state index in [1.807, 2.05) is 6.08 Å². The standard InChI is InChI=1S/C19H20ClF2N3/c1-11-7-18(20)23-9-17(11)25-6-5-15-12(10-25)8-16(24-15)19-13(21)3-2-4-14(19)22/h2-4,7,12,16-17H,5-6,8-10H2,1H3. The molecule has 3 heterocycles. The van der Waals surface area contributed by atoms with Crippen LogP contribution in [0.5, 0.6) is 0 Å². The smallest absolute Gasteiger partial charge is 0.131 e. The minimum absolute atomic E-state index is 0.112. The fraction of sp³-hybridized carbons (Fsp3) is 0.474. The molecule has 0 spiro atoms. The summed E-state index contributed by atoms with van der Waals surface area (Å²) < 4.78 is 28.2. The zero-order valence-electron chi connectivity index (χ0n) is 14.1. The molecule has 25 heavy (non-hydrogen) atoms. The van der Waals surface area contributed by atoms with Gasteiger partial charge in [0.15, 0.2) is 0 Å². The summed E-state index contributed by atoms with van der Waals surface area (Å²) in [5, 5.41) is 0.559. The molecule has 1 aromatic carbocycles. The number of aliphatic imine (C=N–C) groups is 2. The van der Waals surface area contributed by atoms with Gasteiger partial charge < -0.3 is 0 Å². The van der Waals surface area contributed by atoms with E-state index in [1.54, 1.807) is 0 Å². The molecule has 3 atom stereocenters. The van der Waals surface area contributed by atoms with Gasteiger partial charge in [-0.2, -0.15) is 0 Å². The molecule has 4 rings (SSSR count). The Kier molecular flexibility index (Phi) is 4.46. The number of fused-ring (bicyclic) bond motifs is 1. The highest BCUT2D eigenvalue weighted by atomic mass is 35.5. The van der Waals surface area contributed by atoms with Crippen molar-refractivity contribution < 1.29 is 8.78 Å². The molecular weight excluding hydrogens is 344 g/mol. The highest BCUT2D eigenvalue weighted by Crippen LogP contribution is 2.39. The van der Waals surface area contributed by atoms with Gasteiger partial charge in [-0.05, 0) is 38.0 Å². The summed E-state index contributed by atoms with van der Waals surface area (Å²) in [7, 11) is 0. The van der Waals surface area contributed by atoms with Crippen LogP contribution in [0.4, 0.5) is 8.78 Å². The van der Waals surface area contributed by atoms with E-state index in [1.165, 1.54) is 23.8 Å². The number of benzene rings is 1. The van der Waals surface area contributed by atoms with Gasteiger partial charge >= 0.3 is 0 Å². The molecular formula is C19H20ClF2N3. The molecule has 0 aliphatic carbocycles. The minimum Gasteiger partial charge on any atom is -0.294 e. The van der Waals surface area contributed by atoms with Crippen molar-refractivity contribution in [1.82, 2.24) is 4.90 Å². The summed E-state index contributed by atoms with van der Waals surface area (Å²) in [5.41, 5.74) is 2.43. The molecule has 0 amide bonds. The van der Waals surface area contributed by atoms with E-state index in [0.29, 0.717) is 18.1 Å². The summed E-state index contributed by atoms with van der Waals surface area (Å²) in [4.78, 5) is 11.4. The first-order valence-electron chi connectivity index (χ1n) is 8.65. The van der Waals surface area contributed by atoms with Gasteiger partial charge in [-0.15, -0.1) is 0 Å². The maximum atomic E-state index is 14.1. The van der Waals surface area contributed by atoms with Crippen molar-refractivity contribution in [2.24, 2.45) is 15.9 Å². The van der Waals surface area contributed by atoms with Gasteiger partial charge in [-0.1, -0.05) is 23.2 Å². The van der Waals surface area contributed by atoms with Crippen molar-refractivity contribution in [2.45, 2.75) is 31.8 Å². The second kappa shape index (κ2) is 6.61. The van der Waals surface area contributed by atoms with Crippen molar-refractivity contribution in [3.8, 4) is 0 Å². The second-order valence-electron chi connectivity index (χ2n) is 7.02. The zero-order chi connectivity index (χ0) is 17.6. The lowest BCUT2D eigenvalue weighted by Crippen LogP contribution is -2.47. The van der Waals surface area contributed by atoms with Gasteiger partial charge in [0, 0.05) is 30.3 Å². The van der Waals surface area contributed by atoms with Crippen molar-refractivity contribution >= 4 is 22.5 Å². The monoisotopic (exact) mass is 363 g/mol. The number of halogens is 3. The zero-order valence-corrected chi connectivity index (χ0v) is 14.8. The first kappa shape index (κ1) is 16.9. The van der Waals surface area contributed by atoms with Gasteiger partial charge in [0.05, 0.1) is 18.6 Å². The van der Waals surface area contributed by atoms with E-state index in [2.05, 4.69) is 21.8 Å². The quantitative estimate of drug-likeness (QED) is 0.776. The van der Waals surface area contributed by atoms with Gasteiger partial charge in [0.1, 0.15) is 16.8 Å². The molecule has 132 valence electrons. The van der Waals surface area contributed by atoms with Crippen LogP contribution in [0.25, 0.3) is 0 Å². The van der Waals surface area contributed by atoms with E-state index < -0.39 is 17.7 Å². The largest absolute Gasteiger partial charge is 0.294 e. The van der Waals surface area contributed by atoms with Crippen LogP contribution in [0.15, 0.2) is 39.8 Å². The number of likely N-dealkylation sites (tertiary alicyclic amines) is 1. The average Bonchev–Trinajstić information content (AvgIpc) is 2.97. The normalized spacial score (nSPS) is 29.8. The summed E-state index contributed by atoms with van der Waals surface area (Å²) >= 11 is 5.99. The Labute approximate surface area is 151 Å². The lowest BCUT2D eigenvalue weighted by atomic mass is 9.89. The predicted octanol–water partition coefficient (Wildman–Crippen LogP) is 4.14. The molecule has 0 saturated carbocycles. The second-order valence-corrected chi connectivity index (χ2v) is 7.40. The summed E-state index contributed by atoms with van der Waals surface area (Å²) in [6.45, 7) is 4.50. The van der Waals surface area contributed by atoms with E-state index in [-0.39, 0.29) is 17.5 Å². The van der Waals surface area contributed by atoms with Crippen molar-refractivity contribution in [2.75, 3.05) is 19.6 Å². The number of dihydropyridines is 1. The number of rotatable bonds is 2. The minimum atomic E-state index is -0.500. The first-order chi connectivity index (χ1) is 12.0. The third-order valence-corrected chi connectivity index (χ3v) is 5.70. The third-order valence-electron chi connectivity index (χ3n) is 5.47. The highest BCUT2D eigenvalue weighted by Gasteiger charge is 2.38. The summed E-state index contributed by atoms with van der Waals surface area (Å²) in [5.74, 6) is -0.744. The maximum absolute atomic E-state index is 14.1. The van der Waals surface area contributed by atoms with E-state index in [9.17, 15) is 8.78 Å². The van der Waals surface area contributed by atoms with Crippen LogP contribution in [-0.4, -0.2) is 41.5 Å². The lowest BCUT2D eigenvalue weighted by Gasteiger charge is -2.38. The van der Waals surface area contributed by atoms with Gasteiger partial charge in [0.2, 0.25) is 0 Å². The fourth-order valence-corrected chi connectivity index (χ4v) is 4.43. The lowest BCUT2D eigenvalue weighted by molar-refractivity contribution is 0.195. The molecule has 3 nitrogen and oxygen atoms in total. The van der Waals surface area contributed by atoms with Crippen molar-refractivity contribution in [1.29, 1.82) is 0 Å². The molecule has 6 heteroatoms. The molecule has 0 radical (unpaired) electrons. The van der Waals surface area contributed by atoms with Crippen molar-refractivity contribution in [3.05, 3.63) is 47.0 Å².